The van der Waals surface area contributed by atoms with Crippen LogP contribution >= 0.6 is 0 Å². The molecule has 0 amide bonds. The third-order valence-corrected chi connectivity index (χ3v) is 3.75. The second kappa shape index (κ2) is 8.06. The molecule has 0 radical (unpaired) electrons. The van der Waals surface area contributed by atoms with Gasteiger partial charge in [0.15, 0.2) is 0 Å². The summed E-state index contributed by atoms with van der Waals surface area (Å²) >= 11 is 0. The van der Waals surface area contributed by atoms with E-state index in [9.17, 15) is 9.90 Å². The first kappa shape index (κ1) is 17.5. The average Bonchev–Trinajstić information content (AvgIpc) is 2.45. The van der Waals surface area contributed by atoms with Crippen molar-refractivity contribution in [3.63, 3.8) is 0 Å². The third kappa shape index (κ3) is 4.48. The molecular weight excluding hydrogens is 264 g/mol. The number of hydrogen-bond donors (Lipinski definition) is 1. The van der Waals surface area contributed by atoms with Crippen LogP contribution in [0.1, 0.15) is 58.9 Å². The van der Waals surface area contributed by atoms with Crippen LogP contribution in [0.25, 0.3) is 0 Å². The lowest BCUT2D eigenvalue weighted by molar-refractivity contribution is -0.144. The Bertz CT molecular complexity index is 428. The fourth-order valence-electron chi connectivity index (χ4n) is 2.74. The molecule has 3 heteroatoms. The molecule has 1 aromatic carbocycles. The van der Waals surface area contributed by atoms with Crippen molar-refractivity contribution in [3.8, 4) is 5.75 Å². The van der Waals surface area contributed by atoms with Gasteiger partial charge in [-0.1, -0.05) is 52.7 Å². The van der Waals surface area contributed by atoms with E-state index in [1.54, 1.807) is 0 Å². The van der Waals surface area contributed by atoms with Crippen molar-refractivity contribution in [1.82, 2.24) is 0 Å². The Morgan fingerprint density at radius 1 is 1.14 bits per heavy atom. The maximum atomic E-state index is 11.9. The van der Waals surface area contributed by atoms with E-state index >= 15 is 0 Å². The highest BCUT2D eigenvalue weighted by molar-refractivity contribution is 5.81. The van der Waals surface area contributed by atoms with Crippen LogP contribution in [0.3, 0.4) is 0 Å². The molecule has 0 aliphatic carbocycles. The molecule has 0 atom stereocenters. The van der Waals surface area contributed by atoms with Gasteiger partial charge in [-0.2, -0.15) is 0 Å². The summed E-state index contributed by atoms with van der Waals surface area (Å²) in [5.74, 6) is 0.560. The maximum absolute atomic E-state index is 11.9. The van der Waals surface area contributed by atoms with Crippen LogP contribution in [0.15, 0.2) is 24.3 Å². The second-order valence-electron chi connectivity index (χ2n) is 6.12. The summed E-state index contributed by atoms with van der Waals surface area (Å²) in [5, 5.41) is 9.75. The summed E-state index contributed by atoms with van der Waals surface area (Å²) in [5.41, 5.74) is 0.121. The Morgan fingerprint density at radius 2 is 1.67 bits per heavy atom. The average molecular weight is 292 g/mol. The van der Waals surface area contributed by atoms with Crippen molar-refractivity contribution in [2.45, 2.75) is 58.8 Å². The van der Waals surface area contributed by atoms with Gasteiger partial charge in [-0.3, -0.25) is 4.79 Å². The van der Waals surface area contributed by atoms with Gasteiger partial charge in [0.1, 0.15) is 5.75 Å². The van der Waals surface area contributed by atoms with Crippen LogP contribution in [-0.4, -0.2) is 17.7 Å². The SMILES string of the molecule is CCCC(CCC)(C(=O)O)c1ccc(OCC(C)C)cc1. The monoisotopic (exact) mass is 292 g/mol. The maximum Gasteiger partial charge on any atom is 0.314 e. The molecule has 0 aliphatic rings. The molecule has 1 N–H and O–H groups in total. The predicted octanol–water partition coefficient (Wildman–Crippen LogP) is 4.64. The smallest absolute Gasteiger partial charge is 0.314 e. The molecule has 0 fully saturated rings. The number of ether oxygens (including phenoxy) is 1. The van der Waals surface area contributed by atoms with Gasteiger partial charge in [0.2, 0.25) is 0 Å². The topological polar surface area (TPSA) is 46.5 Å². The summed E-state index contributed by atoms with van der Waals surface area (Å²) in [6.07, 6.45) is 3.06. The quantitative estimate of drug-likeness (QED) is 0.721. The Kier molecular flexibility index (Phi) is 6.73. The van der Waals surface area contributed by atoms with Crippen LogP contribution in [0.5, 0.6) is 5.75 Å². The Morgan fingerprint density at radius 3 is 2.05 bits per heavy atom. The van der Waals surface area contributed by atoms with Gasteiger partial charge in [0, 0.05) is 0 Å². The molecule has 0 aliphatic heterocycles. The van der Waals surface area contributed by atoms with Gasteiger partial charge in [-0.05, 0) is 36.5 Å². The Balaban J connectivity index is 3.00. The number of hydrogen-bond acceptors (Lipinski definition) is 2. The fourth-order valence-corrected chi connectivity index (χ4v) is 2.74. The van der Waals surface area contributed by atoms with Crippen molar-refractivity contribution in [2.75, 3.05) is 6.61 Å². The van der Waals surface area contributed by atoms with Gasteiger partial charge < -0.3 is 9.84 Å². The van der Waals surface area contributed by atoms with E-state index in [1.807, 2.05) is 38.1 Å². The van der Waals surface area contributed by atoms with Crippen LogP contribution in [0.4, 0.5) is 0 Å². The molecule has 0 unspecified atom stereocenters. The zero-order valence-corrected chi connectivity index (χ0v) is 13.7. The van der Waals surface area contributed by atoms with Crippen molar-refractivity contribution in [2.24, 2.45) is 5.92 Å². The van der Waals surface area contributed by atoms with Crippen molar-refractivity contribution in [1.29, 1.82) is 0 Å². The molecule has 0 bridgehead atoms. The minimum atomic E-state index is -0.764. The van der Waals surface area contributed by atoms with E-state index in [2.05, 4.69) is 13.8 Å². The van der Waals surface area contributed by atoms with Crippen molar-refractivity contribution in [3.05, 3.63) is 29.8 Å². The molecule has 0 heterocycles. The summed E-state index contributed by atoms with van der Waals surface area (Å²) < 4.78 is 5.67. The largest absolute Gasteiger partial charge is 0.493 e. The molecular formula is C18H28O3. The van der Waals surface area contributed by atoms with E-state index in [-0.39, 0.29) is 0 Å². The van der Waals surface area contributed by atoms with E-state index in [4.69, 9.17) is 4.74 Å². The van der Waals surface area contributed by atoms with Gasteiger partial charge in [-0.15, -0.1) is 0 Å². The first-order valence-electron chi connectivity index (χ1n) is 7.93. The summed E-state index contributed by atoms with van der Waals surface area (Å²) in [4.78, 5) is 11.9. The Labute approximate surface area is 128 Å². The second-order valence-corrected chi connectivity index (χ2v) is 6.12. The molecule has 1 rings (SSSR count). The van der Waals surface area contributed by atoms with Crippen LogP contribution in [0.2, 0.25) is 0 Å². The first-order valence-corrected chi connectivity index (χ1v) is 7.93. The first-order chi connectivity index (χ1) is 9.96. The van der Waals surface area contributed by atoms with Crippen LogP contribution in [0, 0.1) is 5.92 Å². The molecule has 1 aromatic rings. The van der Waals surface area contributed by atoms with E-state index in [0.717, 1.165) is 24.2 Å². The zero-order valence-electron chi connectivity index (χ0n) is 13.7. The highest BCUT2D eigenvalue weighted by atomic mass is 16.5. The predicted molar refractivity (Wildman–Crippen MR) is 85.9 cm³/mol. The molecule has 118 valence electrons. The van der Waals surface area contributed by atoms with Gasteiger partial charge >= 0.3 is 5.97 Å². The minimum absolute atomic E-state index is 0.475. The molecule has 0 saturated carbocycles. The molecule has 0 aromatic heterocycles. The number of rotatable bonds is 9. The van der Waals surface area contributed by atoms with E-state index in [1.165, 1.54) is 0 Å². The summed E-state index contributed by atoms with van der Waals surface area (Å²) in [6, 6.07) is 7.60. The molecule has 0 saturated heterocycles. The summed E-state index contributed by atoms with van der Waals surface area (Å²) in [7, 11) is 0. The highest BCUT2D eigenvalue weighted by Gasteiger charge is 2.38. The minimum Gasteiger partial charge on any atom is -0.493 e. The summed E-state index contributed by atoms with van der Waals surface area (Å²) in [6.45, 7) is 8.95. The number of carboxylic acid groups (broad SMARTS) is 1. The Hall–Kier alpha value is -1.51. The number of carboxylic acids is 1. The van der Waals surface area contributed by atoms with E-state index in [0.29, 0.717) is 25.4 Å². The van der Waals surface area contributed by atoms with Gasteiger partial charge in [0.05, 0.1) is 12.0 Å². The normalized spacial score (nSPS) is 11.7. The van der Waals surface area contributed by atoms with E-state index < -0.39 is 11.4 Å². The van der Waals surface area contributed by atoms with Gasteiger partial charge in [0.25, 0.3) is 0 Å². The number of carbonyl (C=O) groups is 1. The van der Waals surface area contributed by atoms with Crippen LogP contribution < -0.4 is 4.74 Å². The fraction of sp³-hybridized carbons (Fsp3) is 0.611. The zero-order chi connectivity index (χ0) is 15.9. The lowest BCUT2D eigenvalue weighted by Gasteiger charge is -2.29. The van der Waals surface area contributed by atoms with Gasteiger partial charge in [-0.25, -0.2) is 0 Å². The molecule has 21 heavy (non-hydrogen) atoms. The molecule has 3 nitrogen and oxygen atoms in total. The van der Waals surface area contributed by atoms with Crippen LogP contribution in [-0.2, 0) is 10.2 Å². The standard InChI is InChI=1S/C18H28O3/c1-5-11-18(12-6-2,17(19)20)15-7-9-16(10-8-15)21-13-14(3)4/h7-10,14H,5-6,11-13H2,1-4H3,(H,19,20). The number of aliphatic carboxylic acids is 1. The lowest BCUT2D eigenvalue weighted by atomic mass is 9.73. The lowest BCUT2D eigenvalue weighted by Crippen LogP contribution is -2.35. The van der Waals surface area contributed by atoms with Crippen molar-refractivity contribution >= 4 is 5.97 Å². The third-order valence-electron chi connectivity index (χ3n) is 3.75. The van der Waals surface area contributed by atoms with Crippen molar-refractivity contribution < 1.29 is 14.6 Å². The molecule has 0 spiro atoms. The highest BCUT2D eigenvalue weighted by Crippen LogP contribution is 2.35. The number of benzene rings is 1.